The quantitative estimate of drug-likeness (QED) is 0.572. The Kier molecular flexibility index (Phi) is 7.52. The van der Waals surface area contributed by atoms with Gasteiger partial charge in [-0.05, 0) is 49.4 Å². The van der Waals surface area contributed by atoms with E-state index in [1.807, 2.05) is 30.3 Å². The Balaban J connectivity index is 1.69. The first-order valence-electron chi connectivity index (χ1n) is 8.18. The van der Waals surface area contributed by atoms with Crippen molar-refractivity contribution in [1.29, 1.82) is 0 Å². The van der Waals surface area contributed by atoms with Crippen molar-refractivity contribution < 1.29 is 14.3 Å². The molecule has 0 bridgehead atoms. The third-order valence-electron chi connectivity index (χ3n) is 3.40. The molecule has 0 saturated carbocycles. The van der Waals surface area contributed by atoms with Crippen LogP contribution in [0.4, 0.5) is 11.5 Å². The molecule has 1 aromatic carbocycles. The standard InChI is InChI=1S/C18H24N4O3/c1-24-15-5-7-16(8-6-15)25-12-11-20-14-4-9-17(21-13-14)22-18(23)3-2-10-19/h4-9,13,20H,2-3,10-12,19H2,1H3,(H,21,22,23). The second kappa shape index (κ2) is 10.1. The van der Waals surface area contributed by atoms with E-state index in [9.17, 15) is 4.79 Å². The van der Waals surface area contributed by atoms with Gasteiger partial charge in [-0.3, -0.25) is 4.79 Å². The number of nitrogens with zero attached hydrogens (tertiary/aromatic N) is 1. The van der Waals surface area contributed by atoms with Gasteiger partial charge in [0.05, 0.1) is 19.0 Å². The number of hydrogen-bond acceptors (Lipinski definition) is 6. The Hall–Kier alpha value is -2.80. The summed E-state index contributed by atoms with van der Waals surface area (Å²) < 4.78 is 10.7. The lowest BCUT2D eigenvalue weighted by Gasteiger charge is -2.10. The number of nitrogens with two attached hydrogens (primary N) is 1. The molecule has 0 aliphatic rings. The first-order valence-corrected chi connectivity index (χ1v) is 8.18. The van der Waals surface area contributed by atoms with Crippen LogP contribution < -0.4 is 25.8 Å². The van der Waals surface area contributed by atoms with Crippen LogP contribution in [0, 0.1) is 0 Å². The van der Waals surface area contributed by atoms with Crippen LogP contribution in [0.2, 0.25) is 0 Å². The first kappa shape index (κ1) is 18.5. The summed E-state index contributed by atoms with van der Waals surface area (Å²) in [5.41, 5.74) is 6.24. The summed E-state index contributed by atoms with van der Waals surface area (Å²) in [5, 5.41) is 5.94. The summed E-state index contributed by atoms with van der Waals surface area (Å²) in [6, 6.07) is 11.1. The van der Waals surface area contributed by atoms with Crippen LogP contribution in [-0.2, 0) is 4.79 Å². The lowest BCUT2D eigenvalue weighted by Crippen LogP contribution is -2.14. The van der Waals surface area contributed by atoms with Gasteiger partial charge in [-0.1, -0.05) is 0 Å². The first-order chi connectivity index (χ1) is 12.2. The zero-order valence-corrected chi connectivity index (χ0v) is 14.3. The van der Waals surface area contributed by atoms with Crippen LogP contribution in [0.25, 0.3) is 0 Å². The number of amides is 1. The highest BCUT2D eigenvalue weighted by atomic mass is 16.5. The number of anilines is 2. The van der Waals surface area contributed by atoms with Crippen molar-refractivity contribution in [2.24, 2.45) is 5.73 Å². The fourth-order valence-electron chi connectivity index (χ4n) is 2.08. The average molecular weight is 344 g/mol. The van der Waals surface area contributed by atoms with Crippen LogP contribution >= 0.6 is 0 Å². The summed E-state index contributed by atoms with van der Waals surface area (Å²) in [7, 11) is 1.63. The van der Waals surface area contributed by atoms with Crippen molar-refractivity contribution in [3.8, 4) is 11.5 Å². The van der Waals surface area contributed by atoms with Crippen LogP contribution in [0.1, 0.15) is 12.8 Å². The molecular weight excluding hydrogens is 320 g/mol. The molecule has 7 nitrogen and oxygen atoms in total. The van der Waals surface area contributed by atoms with E-state index < -0.39 is 0 Å². The van der Waals surface area contributed by atoms with E-state index >= 15 is 0 Å². The molecule has 0 fully saturated rings. The van der Waals surface area contributed by atoms with Crippen molar-refractivity contribution in [3.63, 3.8) is 0 Å². The zero-order valence-electron chi connectivity index (χ0n) is 14.3. The van der Waals surface area contributed by atoms with Crippen molar-refractivity contribution in [2.45, 2.75) is 12.8 Å². The summed E-state index contributed by atoms with van der Waals surface area (Å²) in [6.45, 7) is 1.65. The molecule has 0 saturated heterocycles. The lowest BCUT2D eigenvalue weighted by molar-refractivity contribution is -0.116. The van der Waals surface area contributed by atoms with Crippen molar-refractivity contribution in [1.82, 2.24) is 4.98 Å². The van der Waals surface area contributed by atoms with Crippen molar-refractivity contribution >= 4 is 17.4 Å². The van der Waals surface area contributed by atoms with Crippen molar-refractivity contribution in [3.05, 3.63) is 42.6 Å². The number of pyridine rings is 1. The van der Waals surface area contributed by atoms with E-state index in [1.54, 1.807) is 19.4 Å². The second-order valence-electron chi connectivity index (χ2n) is 5.32. The normalized spacial score (nSPS) is 10.2. The molecule has 0 spiro atoms. The number of carbonyl (C=O) groups is 1. The average Bonchev–Trinajstić information content (AvgIpc) is 2.65. The van der Waals surface area contributed by atoms with E-state index in [1.165, 1.54) is 0 Å². The molecule has 134 valence electrons. The maximum Gasteiger partial charge on any atom is 0.225 e. The summed E-state index contributed by atoms with van der Waals surface area (Å²) in [4.78, 5) is 15.8. The minimum absolute atomic E-state index is 0.0773. The molecule has 0 unspecified atom stereocenters. The number of nitrogens with one attached hydrogen (secondary N) is 2. The number of methoxy groups -OCH3 is 1. The minimum atomic E-state index is -0.0773. The highest BCUT2D eigenvalue weighted by Crippen LogP contribution is 2.17. The summed E-state index contributed by atoms with van der Waals surface area (Å²) in [5.74, 6) is 2.04. The number of carbonyl (C=O) groups excluding carboxylic acids is 1. The number of ether oxygens (including phenoxy) is 2. The Labute approximate surface area is 147 Å². The van der Waals surface area contributed by atoms with Crippen molar-refractivity contribution in [2.75, 3.05) is 37.4 Å². The van der Waals surface area contributed by atoms with Crippen LogP contribution in [-0.4, -0.2) is 37.7 Å². The van der Waals surface area contributed by atoms with E-state index in [2.05, 4.69) is 15.6 Å². The lowest BCUT2D eigenvalue weighted by atomic mass is 10.3. The number of benzene rings is 1. The monoisotopic (exact) mass is 344 g/mol. The van der Waals surface area contributed by atoms with Gasteiger partial charge < -0.3 is 25.8 Å². The van der Waals surface area contributed by atoms with E-state index in [-0.39, 0.29) is 5.91 Å². The topological polar surface area (TPSA) is 98.5 Å². The van der Waals surface area contributed by atoms with Gasteiger partial charge in [-0.2, -0.15) is 0 Å². The molecule has 2 rings (SSSR count). The second-order valence-corrected chi connectivity index (χ2v) is 5.32. The predicted octanol–water partition coefficient (Wildman–Crippen LogP) is 2.26. The fourth-order valence-corrected chi connectivity index (χ4v) is 2.08. The van der Waals surface area contributed by atoms with Gasteiger partial charge in [0.15, 0.2) is 0 Å². The molecule has 1 aromatic heterocycles. The molecule has 1 amide bonds. The molecule has 0 radical (unpaired) electrons. The summed E-state index contributed by atoms with van der Waals surface area (Å²) in [6.07, 6.45) is 2.74. The molecule has 4 N–H and O–H groups in total. The maximum absolute atomic E-state index is 11.6. The van der Waals surface area contributed by atoms with E-state index in [0.29, 0.717) is 38.4 Å². The van der Waals surface area contributed by atoms with Crippen LogP contribution in [0.15, 0.2) is 42.6 Å². The van der Waals surface area contributed by atoms with Crippen LogP contribution in [0.5, 0.6) is 11.5 Å². The van der Waals surface area contributed by atoms with E-state index in [4.69, 9.17) is 15.2 Å². The van der Waals surface area contributed by atoms with Gasteiger partial charge in [0.25, 0.3) is 0 Å². The Bertz CT molecular complexity index is 644. The van der Waals surface area contributed by atoms with Crippen LogP contribution in [0.3, 0.4) is 0 Å². The minimum Gasteiger partial charge on any atom is -0.497 e. The predicted molar refractivity (Wildman–Crippen MR) is 98.1 cm³/mol. The van der Waals surface area contributed by atoms with E-state index in [0.717, 1.165) is 17.2 Å². The zero-order chi connectivity index (χ0) is 17.9. The molecule has 0 atom stereocenters. The van der Waals surface area contributed by atoms with Gasteiger partial charge in [-0.25, -0.2) is 4.98 Å². The smallest absolute Gasteiger partial charge is 0.225 e. The Morgan fingerprint density at radius 3 is 2.56 bits per heavy atom. The molecule has 2 aromatic rings. The van der Waals surface area contributed by atoms with Gasteiger partial charge in [0, 0.05) is 13.0 Å². The third kappa shape index (κ3) is 6.68. The summed E-state index contributed by atoms with van der Waals surface area (Å²) >= 11 is 0. The highest BCUT2D eigenvalue weighted by molar-refractivity contribution is 5.89. The number of hydrogen-bond donors (Lipinski definition) is 3. The molecular formula is C18H24N4O3. The molecule has 1 heterocycles. The molecule has 0 aliphatic carbocycles. The van der Waals surface area contributed by atoms with Gasteiger partial charge in [0.1, 0.15) is 23.9 Å². The molecule has 0 aliphatic heterocycles. The Morgan fingerprint density at radius 1 is 1.16 bits per heavy atom. The van der Waals surface area contributed by atoms with Gasteiger partial charge in [0.2, 0.25) is 5.91 Å². The number of rotatable bonds is 10. The fraction of sp³-hybridized carbons (Fsp3) is 0.333. The Morgan fingerprint density at radius 2 is 1.92 bits per heavy atom. The third-order valence-corrected chi connectivity index (χ3v) is 3.40. The molecule has 7 heteroatoms. The molecule has 25 heavy (non-hydrogen) atoms. The number of aromatic nitrogens is 1. The van der Waals surface area contributed by atoms with Gasteiger partial charge in [-0.15, -0.1) is 0 Å². The highest BCUT2D eigenvalue weighted by Gasteiger charge is 2.02. The van der Waals surface area contributed by atoms with Gasteiger partial charge >= 0.3 is 0 Å². The SMILES string of the molecule is COc1ccc(OCCNc2ccc(NC(=O)CCCN)nc2)cc1. The maximum atomic E-state index is 11.6. The largest absolute Gasteiger partial charge is 0.497 e.